The molecule has 1 saturated carbocycles. The minimum absolute atomic E-state index is 0.280. The van der Waals surface area contributed by atoms with E-state index in [0.717, 1.165) is 24.2 Å². The SMILES string of the molecule is Nc1ccc(F)cc1-c1ccc(OC2CC2)cc1. The Morgan fingerprint density at radius 1 is 1.06 bits per heavy atom. The van der Waals surface area contributed by atoms with Crippen molar-refractivity contribution in [2.75, 3.05) is 5.73 Å². The van der Waals surface area contributed by atoms with Gasteiger partial charge in [-0.15, -0.1) is 0 Å². The Morgan fingerprint density at radius 2 is 1.78 bits per heavy atom. The second kappa shape index (κ2) is 4.33. The smallest absolute Gasteiger partial charge is 0.123 e. The Bertz CT molecular complexity index is 561. The molecule has 0 aromatic heterocycles. The topological polar surface area (TPSA) is 35.2 Å². The van der Waals surface area contributed by atoms with Crippen molar-refractivity contribution in [3.63, 3.8) is 0 Å². The first-order valence-corrected chi connectivity index (χ1v) is 6.04. The van der Waals surface area contributed by atoms with Crippen molar-refractivity contribution in [2.45, 2.75) is 18.9 Å². The van der Waals surface area contributed by atoms with Gasteiger partial charge in [0.25, 0.3) is 0 Å². The predicted octanol–water partition coefficient (Wildman–Crippen LogP) is 3.62. The predicted molar refractivity (Wildman–Crippen MR) is 69.9 cm³/mol. The van der Waals surface area contributed by atoms with Gasteiger partial charge in [0.05, 0.1) is 6.10 Å². The molecule has 0 bridgehead atoms. The summed E-state index contributed by atoms with van der Waals surface area (Å²) in [6.45, 7) is 0. The van der Waals surface area contributed by atoms with E-state index < -0.39 is 0 Å². The van der Waals surface area contributed by atoms with Crippen LogP contribution in [0.3, 0.4) is 0 Å². The number of hydrogen-bond acceptors (Lipinski definition) is 2. The van der Waals surface area contributed by atoms with Crippen LogP contribution >= 0.6 is 0 Å². The first-order valence-electron chi connectivity index (χ1n) is 6.04. The highest BCUT2D eigenvalue weighted by Crippen LogP contribution is 2.30. The van der Waals surface area contributed by atoms with Gasteiger partial charge >= 0.3 is 0 Å². The normalized spacial score (nSPS) is 14.5. The summed E-state index contributed by atoms with van der Waals surface area (Å²) in [4.78, 5) is 0. The van der Waals surface area contributed by atoms with Crippen molar-refractivity contribution in [1.29, 1.82) is 0 Å². The highest BCUT2D eigenvalue weighted by atomic mass is 19.1. The van der Waals surface area contributed by atoms with E-state index in [1.807, 2.05) is 24.3 Å². The molecule has 0 radical (unpaired) electrons. The summed E-state index contributed by atoms with van der Waals surface area (Å²) in [5.74, 6) is 0.578. The van der Waals surface area contributed by atoms with E-state index in [2.05, 4.69) is 0 Å². The van der Waals surface area contributed by atoms with Crippen molar-refractivity contribution in [1.82, 2.24) is 0 Å². The molecular formula is C15H14FNO. The van der Waals surface area contributed by atoms with Gasteiger partial charge in [-0.25, -0.2) is 4.39 Å². The van der Waals surface area contributed by atoms with E-state index in [0.29, 0.717) is 17.4 Å². The maximum Gasteiger partial charge on any atom is 0.123 e. The third-order valence-electron chi connectivity index (χ3n) is 3.01. The monoisotopic (exact) mass is 243 g/mol. The Hall–Kier alpha value is -2.03. The van der Waals surface area contributed by atoms with E-state index in [1.54, 1.807) is 6.07 Å². The number of nitrogen functional groups attached to an aromatic ring is 1. The molecule has 0 amide bonds. The fraction of sp³-hybridized carbons (Fsp3) is 0.200. The lowest BCUT2D eigenvalue weighted by atomic mass is 10.0. The van der Waals surface area contributed by atoms with Crippen LogP contribution in [0.5, 0.6) is 5.75 Å². The summed E-state index contributed by atoms with van der Waals surface area (Å²) < 4.78 is 18.9. The quantitative estimate of drug-likeness (QED) is 0.836. The molecule has 3 rings (SSSR count). The first kappa shape index (κ1) is 11.1. The Balaban J connectivity index is 1.88. The van der Waals surface area contributed by atoms with Crippen LogP contribution in [0.2, 0.25) is 0 Å². The van der Waals surface area contributed by atoms with Crippen LogP contribution in [0.1, 0.15) is 12.8 Å². The molecule has 0 unspecified atom stereocenters. The van der Waals surface area contributed by atoms with E-state index in [1.165, 1.54) is 12.1 Å². The fourth-order valence-corrected chi connectivity index (χ4v) is 1.87. The summed E-state index contributed by atoms with van der Waals surface area (Å²) in [5.41, 5.74) is 8.04. The van der Waals surface area contributed by atoms with Crippen LogP contribution in [0.25, 0.3) is 11.1 Å². The lowest BCUT2D eigenvalue weighted by Crippen LogP contribution is -1.95. The first-order chi connectivity index (χ1) is 8.72. The van der Waals surface area contributed by atoms with Crippen molar-refractivity contribution in [3.05, 3.63) is 48.3 Å². The molecule has 2 nitrogen and oxygen atoms in total. The molecule has 3 heteroatoms. The third-order valence-corrected chi connectivity index (χ3v) is 3.01. The Kier molecular flexibility index (Phi) is 2.67. The van der Waals surface area contributed by atoms with Crippen LogP contribution in [-0.2, 0) is 0 Å². The van der Waals surface area contributed by atoms with Gasteiger partial charge in [-0.3, -0.25) is 0 Å². The van der Waals surface area contributed by atoms with E-state index in [9.17, 15) is 4.39 Å². The Morgan fingerprint density at radius 3 is 2.44 bits per heavy atom. The van der Waals surface area contributed by atoms with Gasteiger partial charge in [-0.05, 0) is 48.7 Å². The van der Waals surface area contributed by atoms with Crippen molar-refractivity contribution in [3.8, 4) is 16.9 Å². The molecule has 0 atom stereocenters. The summed E-state index contributed by atoms with van der Waals surface area (Å²) in [6.07, 6.45) is 2.66. The maximum atomic E-state index is 13.2. The van der Waals surface area contributed by atoms with E-state index >= 15 is 0 Å². The summed E-state index contributed by atoms with van der Waals surface area (Å²) in [5, 5.41) is 0. The van der Waals surface area contributed by atoms with Gasteiger partial charge in [0, 0.05) is 11.3 Å². The zero-order chi connectivity index (χ0) is 12.5. The van der Waals surface area contributed by atoms with Crippen molar-refractivity contribution in [2.24, 2.45) is 0 Å². The van der Waals surface area contributed by atoms with Crippen LogP contribution in [0, 0.1) is 5.82 Å². The highest BCUT2D eigenvalue weighted by Gasteiger charge is 2.23. The third kappa shape index (κ3) is 2.30. The molecule has 2 N–H and O–H groups in total. The van der Waals surface area contributed by atoms with Gasteiger partial charge in [-0.1, -0.05) is 12.1 Å². The standard InChI is InChI=1S/C15H14FNO/c16-11-3-8-15(17)14(9-11)10-1-4-12(5-2-10)18-13-6-7-13/h1-5,8-9,13H,6-7,17H2. The number of benzene rings is 2. The van der Waals surface area contributed by atoms with Gasteiger partial charge < -0.3 is 10.5 Å². The molecule has 1 aliphatic rings. The molecule has 1 fully saturated rings. The van der Waals surface area contributed by atoms with Gasteiger partial charge in [0.15, 0.2) is 0 Å². The van der Waals surface area contributed by atoms with E-state index in [4.69, 9.17) is 10.5 Å². The molecule has 0 spiro atoms. The number of anilines is 1. The number of halogens is 1. The molecule has 0 heterocycles. The van der Waals surface area contributed by atoms with Gasteiger partial charge in [-0.2, -0.15) is 0 Å². The molecule has 1 aliphatic carbocycles. The summed E-state index contributed by atoms with van der Waals surface area (Å²) in [6, 6.07) is 12.0. The van der Waals surface area contributed by atoms with Gasteiger partial charge in [0.1, 0.15) is 11.6 Å². The molecule has 0 saturated heterocycles. The molecule has 2 aromatic rings. The molecule has 2 aromatic carbocycles. The second-order valence-corrected chi connectivity index (χ2v) is 4.57. The van der Waals surface area contributed by atoms with Crippen LogP contribution in [0.15, 0.2) is 42.5 Å². The molecular weight excluding hydrogens is 229 g/mol. The number of rotatable bonds is 3. The van der Waals surface area contributed by atoms with Crippen molar-refractivity contribution >= 4 is 5.69 Å². The maximum absolute atomic E-state index is 13.2. The lowest BCUT2D eigenvalue weighted by molar-refractivity contribution is 0.303. The number of hydrogen-bond donors (Lipinski definition) is 1. The van der Waals surface area contributed by atoms with Crippen LogP contribution < -0.4 is 10.5 Å². The lowest BCUT2D eigenvalue weighted by Gasteiger charge is -2.08. The molecule has 0 aliphatic heterocycles. The zero-order valence-corrected chi connectivity index (χ0v) is 9.90. The molecule has 18 heavy (non-hydrogen) atoms. The second-order valence-electron chi connectivity index (χ2n) is 4.57. The Labute approximate surface area is 105 Å². The zero-order valence-electron chi connectivity index (χ0n) is 9.90. The highest BCUT2D eigenvalue weighted by molar-refractivity contribution is 5.76. The average molecular weight is 243 g/mol. The molecule has 92 valence electrons. The minimum Gasteiger partial charge on any atom is -0.490 e. The number of ether oxygens (including phenoxy) is 1. The van der Waals surface area contributed by atoms with E-state index in [-0.39, 0.29) is 5.82 Å². The minimum atomic E-state index is -0.280. The summed E-state index contributed by atoms with van der Waals surface area (Å²) in [7, 11) is 0. The largest absolute Gasteiger partial charge is 0.490 e. The van der Waals surface area contributed by atoms with Crippen LogP contribution in [0.4, 0.5) is 10.1 Å². The van der Waals surface area contributed by atoms with Crippen molar-refractivity contribution < 1.29 is 9.13 Å². The van der Waals surface area contributed by atoms with Crippen LogP contribution in [-0.4, -0.2) is 6.10 Å². The number of nitrogens with two attached hydrogens (primary N) is 1. The average Bonchev–Trinajstić information content (AvgIpc) is 3.17. The van der Waals surface area contributed by atoms with Gasteiger partial charge in [0.2, 0.25) is 0 Å². The fourth-order valence-electron chi connectivity index (χ4n) is 1.87. The summed E-state index contributed by atoms with van der Waals surface area (Å²) >= 11 is 0.